The zero-order valence-electron chi connectivity index (χ0n) is 9.25. The van der Waals surface area contributed by atoms with Gasteiger partial charge in [0.25, 0.3) is 0 Å². The Balaban J connectivity index is 2.24. The number of nitrogens with one attached hydrogen (secondary N) is 2. The van der Waals surface area contributed by atoms with E-state index in [1.165, 1.54) is 0 Å². The maximum absolute atomic E-state index is 5.32. The van der Waals surface area contributed by atoms with Gasteiger partial charge >= 0.3 is 0 Å². The van der Waals surface area contributed by atoms with Gasteiger partial charge in [-0.05, 0) is 20.8 Å². The Morgan fingerprint density at radius 1 is 1.57 bits per heavy atom. The molecule has 0 saturated carbocycles. The van der Waals surface area contributed by atoms with Crippen molar-refractivity contribution in [1.82, 2.24) is 15.6 Å². The fraction of sp³-hybridized carbons (Fsp3) is 0.889. The summed E-state index contributed by atoms with van der Waals surface area (Å²) in [5.74, 6) is 6.02. The van der Waals surface area contributed by atoms with Crippen LogP contribution in [0.4, 0.5) is 0 Å². The molecule has 0 unspecified atom stereocenters. The van der Waals surface area contributed by atoms with Crippen LogP contribution in [-0.2, 0) is 0 Å². The average molecular weight is 199 g/mol. The van der Waals surface area contributed by atoms with Crippen molar-refractivity contribution < 1.29 is 0 Å². The molecule has 4 N–H and O–H groups in total. The Kier molecular flexibility index (Phi) is 4.16. The molecule has 0 aliphatic carbocycles. The van der Waals surface area contributed by atoms with Crippen molar-refractivity contribution in [1.29, 1.82) is 0 Å². The van der Waals surface area contributed by atoms with E-state index in [9.17, 15) is 0 Å². The van der Waals surface area contributed by atoms with Crippen molar-refractivity contribution >= 4 is 5.96 Å². The minimum Gasteiger partial charge on any atom is -0.350 e. The first kappa shape index (κ1) is 11.3. The monoisotopic (exact) mass is 199 g/mol. The Hall–Kier alpha value is -0.810. The van der Waals surface area contributed by atoms with Gasteiger partial charge in [-0.25, -0.2) is 5.84 Å². The quantitative estimate of drug-likeness (QED) is 0.248. The highest BCUT2D eigenvalue weighted by atomic mass is 15.4. The molecule has 0 bridgehead atoms. The van der Waals surface area contributed by atoms with Gasteiger partial charge in [-0.2, -0.15) is 0 Å². The molecule has 5 heteroatoms. The maximum Gasteiger partial charge on any atom is 0.206 e. The van der Waals surface area contributed by atoms with E-state index in [4.69, 9.17) is 5.84 Å². The molecule has 1 aliphatic heterocycles. The van der Waals surface area contributed by atoms with Crippen LogP contribution in [0.15, 0.2) is 4.99 Å². The summed E-state index contributed by atoms with van der Waals surface area (Å²) in [6.45, 7) is 9.29. The van der Waals surface area contributed by atoms with Crippen LogP contribution < -0.4 is 16.6 Å². The number of rotatable bonds is 3. The van der Waals surface area contributed by atoms with Crippen LogP contribution in [0.2, 0.25) is 0 Å². The third-order valence-corrected chi connectivity index (χ3v) is 2.43. The number of guanidine groups is 1. The standard InChI is InChI=1S/C9H21N5/c1-4-11-9(13-10)12-8-5-14(6-8)7(2)3/h7-8H,4-6,10H2,1-3H3,(H2,11,12,13). The SMILES string of the molecule is CCN=C(NN)NC1CN(C(C)C)C1. The molecule has 14 heavy (non-hydrogen) atoms. The van der Waals surface area contributed by atoms with Gasteiger partial charge in [0, 0.05) is 25.7 Å². The molecule has 0 aromatic heterocycles. The molecule has 82 valence electrons. The van der Waals surface area contributed by atoms with Crippen LogP contribution in [0, 0.1) is 0 Å². The van der Waals surface area contributed by atoms with Gasteiger partial charge in [0.15, 0.2) is 0 Å². The van der Waals surface area contributed by atoms with Gasteiger partial charge in [0.2, 0.25) is 5.96 Å². The van der Waals surface area contributed by atoms with Crippen molar-refractivity contribution in [3.8, 4) is 0 Å². The summed E-state index contributed by atoms with van der Waals surface area (Å²) >= 11 is 0. The van der Waals surface area contributed by atoms with E-state index >= 15 is 0 Å². The van der Waals surface area contributed by atoms with Crippen LogP contribution in [0.25, 0.3) is 0 Å². The van der Waals surface area contributed by atoms with Gasteiger partial charge in [-0.15, -0.1) is 0 Å². The highest BCUT2D eigenvalue weighted by Crippen LogP contribution is 2.11. The lowest BCUT2D eigenvalue weighted by molar-refractivity contribution is 0.102. The van der Waals surface area contributed by atoms with E-state index in [2.05, 4.69) is 34.5 Å². The van der Waals surface area contributed by atoms with Gasteiger partial charge in [0.1, 0.15) is 0 Å². The van der Waals surface area contributed by atoms with Crippen LogP contribution >= 0.6 is 0 Å². The van der Waals surface area contributed by atoms with Gasteiger partial charge in [-0.1, -0.05) is 0 Å². The summed E-state index contributed by atoms with van der Waals surface area (Å²) in [6, 6.07) is 1.11. The molecule has 1 aliphatic rings. The number of likely N-dealkylation sites (tertiary alicyclic amines) is 1. The number of aliphatic imine (C=N–C) groups is 1. The summed E-state index contributed by atoms with van der Waals surface area (Å²) in [6.07, 6.45) is 0. The highest BCUT2D eigenvalue weighted by Gasteiger charge is 2.28. The lowest BCUT2D eigenvalue weighted by Gasteiger charge is -2.42. The topological polar surface area (TPSA) is 65.7 Å². The van der Waals surface area contributed by atoms with E-state index < -0.39 is 0 Å². The van der Waals surface area contributed by atoms with E-state index in [1.807, 2.05) is 6.92 Å². The normalized spacial score (nSPS) is 19.6. The second-order valence-corrected chi connectivity index (χ2v) is 3.86. The number of nitrogens with zero attached hydrogens (tertiary/aromatic N) is 2. The predicted octanol–water partition coefficient (Wildman–Crippen LogP) is -0.492. The number of hydrogen-bond donors (Lipinski definition) is 3. The number of hydrogen-bond acceptors (Lipinski definition) is 3. The second-order valence-electron chi connectivity index (χ2n) is 3.86. The molecule has 0 atom stereocenters. The summed E-state index contributed by atoms with van der Waals surface area (Å²) < 4.78 is 0. The summed E-state index contributed by atoms with van der Waals surface area (Å²) in [4.78, 5) is 6.59. The molecule has 0 spiro atoms. The van der Waals surface area contributed by atoms with Crippen LogP contribution in [0.1, 0.15) is 20.8 Å². The second kappa shape index (κ2) is 5.17. The van der Waals surface area contributed by atoms with E-state index in [1.54, 1.807) is 0 Å². The van der Waals surface area contributed by atoms with Gasteiger partial charge < -0.3 is 5.32 Å². The minimum atomic E-state index is 0.485. The third-order valence-electron chi connectivity index (χ3n) is 2.43. The predicted molar refractivity (Wildman–Crippen MR) is 58.9 cm³/mol. The van der Waals surface area contributed by atoms with Crippen molar-refractivity contribution in [2.75, 3.05) is 19.6 Å². The lowest BCUT2D eigenvalue weighted by atomic mass is 10.1. The molecule has 0 aromatic rings. The largest absolute Gasteiger partial charge is 0.350 e. The van der Waals surface area contributed by atoms with Crippen LogP contribution in [-0.4, -0.2) is 42.6 Å². The first-order chi connectivity index (χ1) is 6.67. The molecule has 1 saturated heterocycles. The molecule has 1 heterocycles. The van der Waals surface area contributed by atoms with Crippen LogP contribution in [0.5, 0.6) is 0 Å². The zero-order chi connectivity index (χ0) is 10.6. The Bertz CT molecular complexity index is 195. The van der Waals surface area contributed by atoms with Gasteiger partial charge in [0.05, 0.1) is 6.04 Å². The molecule has 1 rings (SSSR count). The minimum absolute atomic E-state index is 0.485. The molecule has 1 fully saturated rings. The Morgan fingerprint density at radius 3 is 2.64 bits per heavy atom. The maximum atomic E-state index is 5.32. The van der Waals surface area contributed by atoms with E-state index in [0.29, 0.717) is 18.0 Å². The average Bonchev–Trinajstić information content (AvgIpc) is 2.07. The van der Waals surface area contributed by atoms with E-state index in [0.717, 1.165) is 19.6 Å². The smallest absolute Gasteiger partial charge is 0.206 e. The Morgan fingerprint density at radius 2 is 2.21 bits per heavy atom. The molecule has 0 aromatic carbocycles. The van der Waals surface area contributed by atoms with Gasteiger partial charge in [-0.3, -0.25) is 15.3 Å². The lowest BCUT2D eigenvalue weighted by Crippen LogP contribution is -2.63. The molecule has 0 amide bonds. The summed E-state index contributed by atoms with van der Waals surface area (Å²) in [5, 5.41) is 3.26. The van der Waals surface area contributed by atoms with E-state index in [-0.39, 0.29) is 0 Å². The fourth-order valence-electron chi connectivity index (χ4n) is 1.51. The van der Waals surface area contributed by atoms with Crippen molar-refractivity contribution in [2.45, 2.75) is 32.9 Å². The third kappa shape index (κ3) is 2.85. The molecular weight excluding hydrogens is 178 g/mol. The summed E-state index contributed by atoms with van der Waals surface area (Å²) in [5.41, 5.74) is 2.57. The van der Waals surface area contributed by atoms with Crippen molar-refractivity contribution in [3.05, 3.63) is 0 Å². The zero-order valence-corrected chi connectivity index (χ0v) is 9.25. The van der Waals surface area contributed by atoms with Crippen molar-refractivity contribution in [3.63, 3.8) is 0 Å². The first-order valence-corrected chi connectivity index (χ1v) is 5.19. The number of hydrazine groups is 1. The summed E-state index contributed by atoms with van der Waals surface area (Å²) in [7, 11) is 0. The molecule has 5 nitrogen and oxygen atoms in total. The molecular formula is C9H21N5. The van der Waals surface area contributed by atoms with Crippen molar-refractivity contribution in [2.24, 2.45) is 10.8 Å². The Labute approximate surface area is 85.7 Å². The highest BCUT2D eigenvalue weighted by molar-refractivity contribution is 5.79. The van der Waals surface area contributed by atoms with Crippen LogP contribution in [0.3, 0.4) is 0 Å². The first-order valence-electron chi connectivity index (χ1n) is 5.19. The molecule has 0 radical (unpaired) electrons. The fourth-order valence-corrected chi connectivity index (χ4v) is 1.51. The number of nitrogens with two attached hydrogens (primary N) is 1.